The average Bonchev–Trinajstić information content (AvgIpc) is 2.79. The Morgan fingerprint density at radius 3 is 3.00 bits per heavy atom. The number of hydrogen-bond donors (Lipinski definition) is 1. The number of nitrogens with zero attached hydrogens (tertiary/aromatic N) is 1. The summed E-state index contributed by atoms with van der Waals surface area (Å²) >= 11 is 1.64. The Morgan fingerprint density at radius 2 is 2.31 bits per heavy atom. The fourth-order valence-corrected chi connectivity index (χ4v) is 2.28. The summed E-state index contributed by atoms with van der Waals surface area (Å²) in [5.41, 5.74) is 5.63. The Balaban J connectivity index is 1.92. The van der Waals surface area contributed by atoms with Gasteiger partial charge in [-0.25, -0.2) is 4.98 Å². The molecule has 0 saturated heterocycles. The highest BCUT2D eigenvalue weighted by atomic mass is 32.1. The lowest BCUT2D eigenvalue weighted by Crippen LogP contribution is -2.18. The van der Waals surface area contributed by atoms with Gasteiger partial charge in [0.05, 0.1) is 11.2 Å². The molecule has 16 heavy (non-hydrogen) atoms. The van der Waals surface area contributed by atoms with Crippen molar-refractivity contribution in [3.05, 3.63) is 52.0 Å². The first-order chi connectivity index (χ1) is 7.75. The molecule has 0 bridgehead atoms. The molecule has 1 aromatic carbocycles. The second-order valence-electron chi connectivity index (χ2n) is 4.00. The second kappa shape index (κ2) is 5.23. The molecule has 2 nitrogen and oxygen atoms in total. The third kappa shape index (κ3) is 2.90. The van der Waals surface area contributed by atoms with Crippen LogP contribution in [0.25, 0.3) is 0 Å². The summed E-state index contributed by atoms with van der Waals surface area (Å²) in [6.07, 6.45) is 0. The molecule has 1 atom stereocenters. The van der Waals surface area contributed by atoms with Crippen molar-refractivity contribution in [1.29, 1.82) is 0 Å². The minimum absolute atomic E-state index is 0.312. The van der Waals surface area contributed by atoms with Crippen LogP contribution in [-0.2, 0) is 6.54 Å². The predicted octanol–water partition coefficient (Wildman–Crippen LogP) is 3.30. The maximum Gasteiger partial charge on any atom is 0.0795 e. The van der Waals surface area contributed by atoms with Gasteiger partial charge in [0, 0.05) is 18.0 Å². The highest BCUT2D eigenvalue weighted by Gasteiger charge is 2.06. The van der Waals surface area contributed by atoms with Gasteiger partial charge in [-0.1, -0.05) is 29.8 Å². The van der Waals surface area contributed by atoms with E-state index in [9.17, 15) is 0 Å². The fraction of sp³-hybridized carbons (Fsp3) is 0.308. The van der Waals surface area contributed by atoms with Crippen molar-refractivity contribution in [1.82, 2.24) is 10.3 Å². The lowest BCUT2D eigenvalue weighted by Gasteiger charge is -2.11. The van der Waals surface area contributed by atoms with Gasteiger partial charge in [-0.2, -0.15) is 0 Å². The van der Waals surface area contributed by atoms with Crippen molar-refractivity contribution in [2.45, 2.75) is 26.4 Å². The van der Waals surface area contributed by atoms with Gasteiger partial charge in [-0.15, -0.1) is 11.3 Å². The summed E-state index contributed by atoms with van der Waals surface area (Å²) in [5, 5.41) is 5.56. The van der Waals surface area contributed by atoms with Gasteiger partial charge < -0.3 is 5.32 Å². The Hall–Kier alpha value is -1.19. The Bertz CT molecular complexity index is 437. The lowest BCUT2D eigenvalue weighted by molar-refractivity contribution is 0.564. The minimum atomic E-state index is 0.312. The summed E-state index contributed by atoms with van der Waals surface area (Å²) in [6.45, 7) is 5.15. The minimum Gasteiger partial charge on any atom is -0.305 e. The van der Waals surface area contributed by atoms with E-state index in [1.54, 1.807) is 11.3 Å². The summed E-state index contributed by atoms with van der Waals surface area (Å²) < 4.78 is 0. The second-order valence-corrected chi connectivity index (χ2v) is 4.72. The SMILES string of the molecule is Cc1cccc(CNC(C)c2cscn2)c1. The molecule has 0 saturated carbocycles. The Kier molecular flexibility index (Phi) is 3.70. The van der Waals surface area contributed by atoms with Gasteiger partial charge in [-0.3, -0.25) is 0 Å². The summed E-state index contributed by atoms with van der Waals surface area (Å²) in [6, 6.07) is 8.88. The molecular formula is C13H16N2S. The fourth-order valence-electron chi connectivity index (χ4n) is 1.63. The molecule has 0 aliphatic heterocycles. The van der Waals surface area contributed by atoms with Gasteiger partial charge in [0.2, 0.25) is 0 Å². The first-order valence-corrected chi connectivity index (χ1v) is 6.37. The topological polar surface area (TPSA) is 24.9 Å². The molecule has 3 heteroatoms. The van der Waals surface area contributed by atoms with E-state index in [0.29, 0.717) is 6.04 Å². The first kappa shape index (κ1) is 11.3. The van der Waals surface area contributed by atoms with Gasteiger partial charge in [0.15, 0.2) is 0 Å². The average molecular weight is 232 g/mol. The van der Waals surface area contributed by atoms with Crippen molar-refractivity contribution in [3.63, 3.8) is 0 Å². The van der Waals surface area contributed by atoms with Crippen LogP contribution >= 0.6 is 11.3 Å². The van der Waals surface area contributed by atoms with Crippen molar-refractivity contribution in [3.8, 4) is 0 Å². The number of aromatic nitrogens is 1. The van der Waals surface area contributed by atoms with Crippen LogP contribution in [0.15, 0.2) is 35.2 Å². The van der Waals surface area contributed by atoms with Crippen LogP contribution in [0, 0.1) is 6.92 Å². The number of rotatable bonds is 4. The molecule has 2 aromatic rings. The Morgan fingerprint density at radius 1 is 1.44 bits per heavy atom. The zero-order valence-corrected chi connectivity index (χ0v) is 10.4. The van der Waals surface area contributed by atoms with Crippen molar-refractivity contribution >= 4 is 11.3 Å². The van der Waals surface area contributed by atoms with E-state index in [1.165, 1.54) is 11.1 Å². The lowest BCUT2D eigenvalue weighted by atomic mass is 10.1. The van der Waals surface area contributed by atoms with Crippen LogP contribution in [0.1, 0.15) is 29.8 Å². The third-order valence-corrected chi connectivity index (χ3v) is 3.19. The van der Waals surface area contributed by atoms with Crippen molar-refractivity contribution < 1.29 is 0 Å². The van der Waals surface area contributed by atoms with E-state index >= 15 is 0 Å². The summed E-state index contributed by atoms with van der Waals surface area (Å²) in [4.78, 5) is 4.30. The monoisotopic (exact) mass is 232 g/mol. The van der Waals surface area contributed by atoms with Crippen LogP contribution in [0.3, 0.4) is 0 Å². The Labute approximate surface area is 100 Å². The van der Waals surface area contributed by atoms with Crippen molar-refractivity contribution in [2.24, 2.45) is 0 Å². The zero-order valence-electron chi connectivity index (χ0n) is 9.60. The highest BCUT2D eigenvalue weighted by molar-refractivity contribution is 7.07. The van der Waals surface area contributed by atoms with E-state index in [4.69, 9.17) is 0 Å². The molecular weight excluding hydrogens is 216 g/mol. The molecule has 1 aromatic heterocycles. The third-order valence-electron chi connectivity index (χ3n) is 2.59. The highest BCUT2D eigenvalue weighted by Crippen LogP contribution is 2.13. The molecule has 1 unspecified atom stereocenters. The number of nitrogens with one attached hydrogen (secondary N) is 1. The van der Waals surface area contributed by atoms with E-state index in [2.05, 4.69) is 53.8 Å². The van der Waals surface area contributed by atoms with Crippen LogP contribution in [0.2, 0.25) is 0 Å². The number of benzene rings is 1. The molecule has 0 amide bonds. The van der Waals surface area contributed by atoms with E-state index < -0.39 is 0 Å². The van der Waals surface area contributed by atoms with Crippen LogP contribution in [0.5, 0.6) is 0 Å². The molecule has 0 radical (unpaired) electrons. The van der Waals surface area contributed by atoms with Gasteiger partial charge >= 0.3 is 0 Å². The first-order valence-electron chi connectivity index (χ1n) is 5.43. The van der Waals surface area contributed by atoms with Gasteiger partial charge in [0.1, 0.15) is 0 Å². The zero-order chi connectivity index (χ0) is 11.4. The number of aryl methyl sites for hydroxylation is 1. The number of thiazole rings is 1. The standard InChI is InChI=1S/C13H16N2S/c1-10-4-3-5-12(6-10)7-14-11(2)13-8-16-9-15-13/h3-6,8-9,11,14H,7H2,1-2H3. The molecule has 0 fully saturated rings. The smallest absolute Gasteiger partial charge is 0.0795 e. The van der Waals surface area contributed by atoms with Gasteiger partial charge in [0.25, 0.3) is 0 Å². The molecule has 1 heterocycles. The molecule has 84 valence electrons. The molecule has 1 N–H and O–H groups in total. The van der Waals surface area contributed by atoms with Gasteiger partial charge in [-0.05, 0) is 19.4 Å². The maximum absolute atomic E-state index is 4.30. The predicted molar refractivity (Wildman–Crippen MR) is 68.5 cm³/mol. The molecule has 0 spiro atoms. The molecule has 0 aliphatic carbocycles. The number of hydrogen-bond acceptors (Lipinski definition) is 3. The quantitative estimate of drug-likeness (QED) is 0.875. The van der Waals surface area contributed by atoms with E-state index in [-0.39, 0.29) is 0 Å². The molecule has 0 aliphatic rings. The van der Waals surface area contributed by atoms with Crippen LogP contribution in [0.4, 0.5) is 0 Å². The van der Waals surface area contributed by atoms with Crippen molar-refractivity contribution in [2.75, 3.05) is 0 Å². The van der Waals surface area contributed by atoms with Crippen LogP contribution in [-0.4, -0.2) is 4.98 Å². The summed E-state index contributed by atoms with van der Waals surface area (Å²) in [5.74, 6) is 0. The van der Waals surface area contributed by atoms with E-state index in [0.717, 1.165) is 12.2 Å². The largest absolute Gasteiger partial charge is 0.305 e. The van der Waals surface area contributed by atoms with Crippen LogP contribution < -0.4 is 5.32 Å². The van der Waals surface area contributed by atoms with E-state index in [1.807, 2.05) is 5.51 Å². The summed E-state index contributed by atoms with van der Waals surface area (Å²) in [7, 11) is 0. The normalized spacial score (nSPS) is 12.6. The molecule has 2 rings (SSSR count). The maximum atomic E-state index is 4.30.